The van der Waals surface area contributed by atoms with Gasteiger partial charge in [0.25, 0.3) is 5.56 Å². The Labute approximate surface area is 162 Å². The lowest BCUT2D eigenvalue weighted by atomic mass is 10.3. The highest BCUT2D eigenvalue weighted by Gasteiger charge is 2.19. The van der Waals surface area contributed by atoms with Crippen LogP contribution in [0.4, 0.5) is 4.39 Å². The third-order valence-electron chi connectivity index (χ3n) is 4.37. The smallest absolute Gasteiger partial charge is 0.291 e. The molecule has 0 bridgehead atoms. The van der Waals surface area contributed by atoms with E-state index < -0.39 is 17.1 Å². The molecule has 0 atom stereocenters. The summed E-state index contributed by atoms with van der Waals surface area (Å²) in [5.41, 5.74) is 6.28. The minimum absolute atomic E-state index is 0.300. The molecule has 0 amide bonds. The fourth-order valence-corrected chi connectivity index (χ4v) is 4.13. The molecule has 4 aromatic rings. The maximum Gasteiger partial charge on any atom is 0.291 e. The number of aryl methyl sites for hydroxylation is 1. The second-order valence-electron chi connectivity index (χ2n) is 6.18. The molecule has 0 spiro atoms. The second-order valence-corrected chi connectivity index (χ2v) is 7.26. The lowest BCUT2D eigenvalue weighted by Gasteiger charge is -2.05. The van der Waals surface area contributed by atoms with Gasteiger partial charge in [-0.05, 0) is 12.1 Å². The molecule has 0 aliphatic rings. The average molecular weight is 397 g/mol. The van der Waals surface area contributed by atoms with Gasteiger partial charge >= 0.3 is 0 Å². The highest BCUT2D eigenvalue weighted by atomic mass is 32.1. The first-order valence-corrected chi connectivity index (χ1v) is 9.20. The maximum atomic E-state index is 13.4. The van der Waals surface area contributed by atoms with Crippen LogP contribution in [-0.4, -0.2) is 30.0 Å². The molecule has 0 aliphatic carbocycles. The number of allylic oxidation sites excluding steroid dienone is 1. The van der Waals surface area contributed by atoms with E-state index in [1.54, 1.807) is 24.0 Å². The number of aromatic nitrogens is 5. The van der Waals surface area contributed by atoms with E-state index in [4.69, 9.17) is 11.1 Å². The van der Waals surface area contributed by atoms with Crippen molar-refractivity contribution in [2.45, 2.75) is 13.0 Å². The van der Waals surface area contributed by atoms with E-state index in [0.29, 0.717) is 29.2 Å². The van der Waals surface area contributed by atoms with Gasteiger partial charge in [0.05, 0.1) is 23.2 Å². The van der Waals surface area contributed by atoms with Gasteiger partial charge in [0.1, 0.15) is 10.5 Å². The number of hydrogen-bond donors (Lipinski definition) is 2. The molecular weight excluding hydrogens is 381 g/mol. The van der Waals surface area contributed by atoms with E-state index in [2.05, 4.69) is 15.1 Å². The Kier molecular flexibility index (Phi) is 4.47. The third-order valence-corrected chi connectivity index (χ3v) is 5.45. The summed E-state index contributed by atoms with van der Waals surface area (Å²) in [5.74, 6) is -0.887. The Morgan fingerprint density at radius 3 is 2.96 bits per heavy atom. The van der Waals surface area contributed by atoms with Crippen LogP contribution in [-0.2, 0) is 20.0 Å². The Hall–Kier alpha value is -3.40. The fourth-order valence-electron chi connectivity index (χ4n) is 3.00. The van der Waals surface area contributed by atoms with Gasteiger partial charge in [-0.1, -0.05) is 6.07 Å². The molecule has 0 aromatic carbocycles. The van der Waals surface area contributed by atoms with E-state index in [-0.39, 0.29) is 6.54 Å². The first-order valence-electron chi connectivity index (χ1n) is 8.38. The van der Waals surface area contributed by atoms with Gasteiger partial charge in [-0.2, -0.15) is 5.10 Å². The Morgan fingerprint density at radius 1 is 1.43 bits per heavy atom. The van der Waals surface area contributed by atoms with Crippen LogP contribution >= 0.6 is 11.3 Å². The van der Waals surface area contributed by atoms with E-state index in [1.165, 1.54) is 11.3 Å². The lowest BCUT2D eigenvalue weighted by molar-refractivity contribution is 0.634. The van der Waals surface area contributed by atoms with Crippen LogP contribution in [0.15, 0.2) is 47.4 Å². The molecule has 0 aliphatic heterocycles. The predicted octanol–water partition coefficient (Wildman–Crippen LogP) is 2.12. The van der Waals surface area contributed by atoms with E-state index in [0.717, 1.165) is 20.1 Å². The lowest BCUT2D eigenvalue weighted by Crippen LogP contribution is -2.27. The van der Waals surface area contributed by atoms with Crippen molar-refractivity contribution in [2.24, 2.45) is 12.8 Å². The normalized spacial score (nSPS) is 12.1. The third kappa shape index (κ3) is 2.97. The number of rotatable bonds is 5. The summed E-state index contributed by atoms with van der Waals surface area (Å²) in [6.45, 7) is -0.300. The monoisotopic (exact) mass is 397 g/mol. The molecular formula is C18H16FN7OS. The minimum atomic E-state index is -0.887. The van der Waals surface area contributed by atoms with E-state index >= 15 is 0 Å². The molecule has 0 saturated carbocycles. The van der Waals surface area contributed by atoms with Crippen LogP contribution in [0.5, 0.6) is 0 Å². The van der Waals surface area contributed by atoms with Crippen molar-refractivity contribution in [3.8, 4) is 0 Å². The quantitative estimate of drug-likeness (QED) is 0.501. The topological polar surface area (TPSA) is 115 Å². The molecule has 10 heteroatoms. The molecule has 0 unspecified atom stereocenters. The SMILES string of the molecule is Cn1c2nc(Cc3ccccn3)sc2c2cnn(CC(=N)/C(F)=C\N)c(=O)c21. The summed E-state index contributed by atoms with van der Waals surface area (Å²) in [6.07, 6.45) is 4.59. The van der Waals surface area contributed by atoms with Gasteiger partial charge in [-0.3, -0.25) is 9.78 Å². The van der Waals surface area contributed by atoms with Crippen molar-refractivity contribution in [2.75, 3.05) is 0 Å². The van der Waals surface area contributed by atoms with Crippen LogP contribution in [0.3, 0.4) is 0 Å². The van der Waals surface area contributed by atoms with Gasteiger partial charge in [-0.25, -0.2) is 14.1 Å². The van der Waals surface area contributed by atoms with Crippen molar-refractivity contribution >= 4 is 38.3 Å². The number of nitrogens with one attached hydrogen (secondary N) is 1. The Bertz CT molecular complexity index is 1290. The largest absolute Gasteiger partial charge is 0.402 e. The van der Waals surface area contributed by atoms with Gasteiger partial charge in [-0.15, -0.1) is 11.3 Å². The maximum absolute atomic E-state index is 13.4. The van der Waals surface area contributed by atoms with Crippen LogP contribution < -0.4 is 11.3 Å². The summed E-state index contributed by atoms with van der Waals surface area (Å²) in [5, 5.41) is 13.3. The molecule has 4 heterocycles. The summed E-state index contributed by atoms with van der Waals surface area (Å²) in [4.78, 5) is 21.8. The number of nitrogens with two attached hydrogens (primary N) is 1. The van der Waals surface area contributed by atoms with Gasteiger partial charge in [0, 0.05) is 36.9 Å². The fraction of sp³-hybridized carbons (Fsp3) is 0.167. The summed E-state index contributed by atoms with van der Waals surface area (Å²) < 4.78 is 17.0. The number of fused-ring (bicyclic) bond motifs is 3. The van der Waals surface area contributed by atoms with Crippen LogP contribution in [0, 0.1) is 5.41 Å². The predicted molar refractivity (Wildman–Crippen MR) is 106 cm³/mol. The number of pyridine rings is 1. The highest BCUT2D eigenvalue weighted by molar-refractivity contribution is 7.19. The number of nitrogens with zero attached hydrogens (tertiary/aromatic N) is 5. The molecule has 4 rings (SSSR count). The standard InChI is InChI=1S/C18H16FN7OS/c1-25-15-11(8-23-26(18(15)27)9-13(21)12(19)7-20)16-17(25)24-14(28-16)6-10-4-2-3-5-22-10/h2-5,7-8,21H,6,9,20H2,1H3/b12-7+,21-13?. The second kappa shape index (κ2) is 6.97. The van der Waals surface area contributed by atoms with Gasteiger partial charge in [0.2, 0.25) is 0 Å². The van der Waals surface area contributed by atoms with Crippen molar-refractivity contribution in [3.63, 3.8) is 0 Å². The van der Waals surface area contributed by atoms with Crippen LogP contribution in [0.1, 0.15) is 10.7 Å². The number of thiazole rings is 1. The van der Waals surface area contributed by atoms with E-state index in [1.807, 2.05) is 18.2 Å². The number of hydrogen-bond acceptors (Lipinski definition) is 7. The van der Waals surface area contributed by atoms with Crippen molar-refractivity contribution in [3.05, 3.63) is 63.7 Å². The molecule has 4 aromatic heterocycles. The molecule has 8 nitrogen and oxygen atoms in total. The van der Waals surface area contributed by atoms with Crippen molar-refractivity contribution in [1.29, 1.82) is 5.41 Å². The first kappa shape index (κ1) is 18.0. The highest BCUT2D eigenvalue weighted by Crippen LogP contribution is 2.31. The molecule has 142 valence electrons. The van der Waals surface area contributed by atoms with Gasteiger partial charge in [0.15, 0.2) is 11.5 Å². The number of halogens is 1. The van der Waals surface area contributed by atoms with Crippen molar-refractivity contribution < 1.29 is 4.39 Å². The minimum Gasteiger partial charge on any atom is -0.402 e. The summed E-state index contributed by atoms with van der Waals surface area (Å²) in [6, 6.07) is 5.73. The molecule has 28 heavy (non-hydrogen) atoms. The van der Waals surface area contributed by atoms with E-state index in [9.17, 15) is 9.18 Å². The zero-order valence-corrected chi connectivity index (χ0v) is 15.7. The summed E-state index contributed by atoms with van der Waals surface area (Å²) in [7, 11) is 1.76. The molecule has 0 radical (unpaired) electrons. The zero-order chi connectivity index (χ0) is 19.8. The molecule has 3 N–H and O–H groups in total. The van der Waals surface area contributed by atoms with Crippen LogP contribution in [0.2, 0.25) is 0 Å². The Balaban J connectivity index is 1.77. The van der Waals surface area contributed by atoms with Crippen molar-refractivity contribution in [1.82, 2.24) is 24.3 Å². The molecule has 0 saturated heterocycles. The summed E-state index contributed by atoms with van der Waals surface area (Å²) >= 11 is 1.49. The zero-order valence-electron chi connectivity index (χ0n) is 14.9. The first-order chi connectivity index (χ1) is 13.5. The van der Waals surface area contributed by atoms with Crippen LogP contribution in [0.25, 0.3) is 21.3 Å². The van der Waals surface area contributed by atoms with Gasteiger partial charge < -0.3 is 15.7 Å². The molecule has 0 fully saturated rings. The average Bonchev–Trinajstić information content (AvgIpc) is 3.22. The Morgan fingerprint density at radius 2 is 2.25 bits per heavy atom.